The zero-order valence-corrected chi connectivity index (χ0v) is 6.37. The quantitative estimate of drug-likeness (QED) is 0.643. The number of nitrogens with two attached hydrogens (primary N) is 1. The first-order valence-corrected chi connectivity index (χ1v) is 2.65. The van der Waals surface area contributed by atoms with Crippen molar-refractivity contribution in [3.63, 3.8) is 0 Å². The van der Waals surface area contributed by atoms with E-state index in [-0.39, 0.29) is 19.4 Å². The highest BCUT2D eigenvalue weighted by Crippen LogP contribution is 1.94. The van der Waals surface area contributed by atoms with Gasteiger partial charge in [-0.2, -0.15) is 13.5 Å². The second-order valence-electron chi connectivity index (χ2n) is 1.73. The van der Waals surface area contributed by atoms with E-state index in [1.165, 1.54) is 0 Å². The molecule has 0 fully saturated rings. The third kappa shape index (κ3) is 2.11. The number of hydrogen-bond acceptors (Lipinski definition) is 1. The monoisotopic (exact) mass is 155 g/mol. The van der Waals surface area contributed by atoms with Gasteiger partial charge in [0.2, 0.25) is 5.91 Å². The Bertz CT molecular complexity index is 210. The van der Waals surface area contributed by atoms with Gasteiger partial charge in [-0.3, -0.25) is 4.79 Å². The molecule has 54 valence electrons. The fourth-order valence-corrected chi connectivity index (χ4v) is 0.602. The largest absolute Gasteiger partial charge is 0.366 e. The topological polar surface area (TPSA) is 43.1 Å². The molecule has 0 saturated heterocycles. The van der Waals surface area contributed by atoms with Crippen molar-refractivity contribution in [2.45, 2.75) is 0 Å². The highest BCUT2D eigenvalue weighted by Gasteiger charge is 1.93. The first-order chi connectivity index (χ1) is 4.30. The second kappa shape index (κ2) is 3.95. The van der Waals surface area contributed by atoms with Crippen LogP contribution in [0.5, 0.6) is 0 Å². The van der Waals surface area contributed by atoms with E-state index in [1.807, 2.05) is 6.07 Å². The van der Waals surface area contributed by atoms with Gasteiger partial charge < -0.3 is 5.73 Å². The lowest BCUT2D eigenvalue weighted by Gasteiger charge is -1.89. The number of benzene rings is 1. The van der Waals surface area contributed by atoms with Gasteiger partial charge in [0.1, 0.15) is 0 Å². The molecule has 0 unspecified atom stereocenters. The highest BCUT2D eigenvalue weighted by molar-refractivity contribution is 7.59. The van der Waals surface area contributed by atoms with E-state index in [0.717, 1.165) is 0 Å². The second-order valence-corrected chi connectivity index (χ2v) is 1.73. The molecule has 0 radical (unpaired) electrons. The van der Waals surface area contributed by atoms with E-state index >= 15 is 0 Å². The summed E-state index contributed by atoms with van der Waals surface area (Å²) in [6.07, 6.45) is 0. The summed E-state index contributed by atoms with van der Waals surface area (Å²) in [5.74, 6) is -0.379. The lowest BCUT2D eigenvalue weighted by atomic mass is 10.2. The fraction of sp³-hybridized carbons (Fsp3) is 0. The predicted molar refractivity (Wildman–Crippen MR) is 45.3 cm³/mol. The Balaban J connectivity index is 0.000000810. The van der Waals surface area contributed by atoms with Crippen LogP contribution in [0.3, 0.4) is 0 Å². The van der Waals surface area contributed by atoms with Crippen LogP contribution in [0.25, 0.3) is 0 Å². The molecule has 0 atom stereocenters. The van der Waals surface area contributed by atoms with E-state index in [0.29, 0.717) is 5.56 Å². The molecule has 0 aliphatic rings. The van der Waals surface area contributed by atoms with Gasteiger partial charge in [-0.25, -0.2) is 0 Å². The molecule has 1 aromatic carbocycles. The van der Waals surface area contributed by atoms with Crippen molar-refractivity contribution in [2.24, 2.45) is 5.73 Å². The molecule has 0 aliphatic heterocycles. The molecule has 0 spiro atoms. The molecule has 0 saturated carbocycles. The molecule has 1 rings (SSSR count). The molecule has 10 heavy (non-hydrogen) atoms. The zero-order valence-electron chi connectivity index (χ0n) is 5.37. The molecule has 0 aliphatic carbocycles. The first-order valence-electron chi connectivity index (χ1n) is 2.65. The lowest BCUT2D eigenvalue weighted by molar-refractivity contribution is 0.100. The molecule has 2 N–H and O–H groups in total. The van der Waals surface area contributed by atoms with Gasteiger partial charge in [-0.15, -0.1) is 0 Å². The maximum Gasteiger partial charge on any atom is 0.248 e. The zero-order chi connectivity index (χ0) is 6.69. The number of carbonyl (C=O) groups is 1. The van der Waals surface area contributed by atoms with Crippen LogP contribution in [0.2, 0.25) is 0 Å². The molecule has 0 heterocycles. The SMILES string of the molecule is NC(=O)c1ccccc1.S. The molecule has 0 aromatic heterocycles. The smallest absolute Gasteiger partial charge is 0.248 e. The Hall–Kier alpha value is -0.960. The van der Waals surface area contributed by atoms with E-state index in [9.17, 15) is 4.79 Å². The minimum absolute atomic E-state index is 0. The van der Waals surface area contributed by atoms with E-state index in [4.69, 9.17) is 5.73 Å². The van der Waals surface area contributed by atoms with Gasteiger partial charge in [0.25, 0.3) is 0 Å². The van der Waals surface area contributed by atoms with Crippen molar-refractivity contribution >= 4 is 19.4 Å². The van der Waals surface area contributed by atoms with Crippen LogP contribution in [-0.2, 0) is 0 Å². The van der Waals surface area contributed by atoms with Gasteiger partial charge in [0, 0.05) is 5.56 Å². The summed E-state index contributed by atoms with van der Waals surface area (Å²) < 4.78 is 0. The highest BCUT2D eigenvalue weighted by atomic mass is 32.1. The van der Waals surface area contributed by atoms with Crippen LogP contribution in [-0.4, -0.2) is 5.91 Å². The fourth-order valence-electron chi connectivity index (χ4n) is 0.602. The van der Waals surface area contributed by atoms with Gasteiger partial charge in [0.05, 0.1) is 0 Å². The number of carbonyl (C=O) groups excluding carboxylic acids is 1. The summed E-state index contributed by atoms with van der Waals surface area (Å²) in [4.78, 5) is 10.4. The molecule has 1 aromatic rings. The summed E-state index contributed by atoms with van der Waals surface area (Å²) in [5.41, 5.74) is 5.53. The summed E-state index contributed by atoms with van der Waals surface area (Å²) in [7, 11) is 0. The van der Waals surface area contributed by atoms with Crippen LogP contribution in [0.1, 0.15) is 10.4 Å². The van der Waals surface area contributed by atoms with Gasteiger partial charge in [0.15, 0.2) is 0 Å². The Kier molecular flexibility index (Phi) is 3.57. The lowest BCUT2D eigenvalue weighted by Crippen LogP contribution is -2.09. The summed E-state index contributed by atoms with van der Waals surface area (Å²) in [5, 5.41) is 0. The van der Waals surface area contributed by atoms with Crippen LogP contribution < -0.4 is 5.73 Å². The van der Waals surface area contributed by atoms with E-state index in [2.05, 4.69) is 0 Å². The average molecular weight is 155 g/mol. The minimum Gasteiger partial charge on any atom is -0.366 e. The Morgan fingerprint density at radius 3 is 2.00 bits per heavy atom. The standard InChI is InChI=1S/C7H7NO.H2S/c8-7(9)6-4-2-1-3-5-6;/h1-5H,(H2,8,9);1H2. The van der Waals surface area contributed by atoms with Crippen LogP contribution >= 0.6 is 13.5 Å². The summed E-state index contributed by atoms with van der Waals surface area (Å²) in [6, 6.07) is 8.76. The third-order valence-corrected chi connectivity index (χ3v) is 1.06. The van der Waals surface area contributed by atoms with Crippen LogP contribution in [0, 0.1) is 0 Å². The Morgan fingerprint density at radius 2 is 1.70 bits per heavy atom. The van der Waals surface area contributed by atoms with Crippen molar-refractivity contribution in [3.05, 3.63) is 35.9 Å². The van der Waals surface area contributed by atoms with Gasteiger partial charge >= 0.3 is 0 Å². The molecule has 2 nitrogen and oxygen atoms in total. The molecule has 3 heteroatoms. The first kappa shape index (κ1) is 9.04. The van der Waals surface area contributed by atoms with Gasteiger partial charge in [-0.1, -0.05) is 18.2 Å². The maximum absolute atomic E-state index is 10.4. The van der Waals surface area contributed by atoms with Crippen LogP contribution in [0.4, 0.5) is 0 Å². The van der Waals surface area contributed by atoms with Crippen molar-refractivity contribution in [1.29, 1.82) is 0 Å². The maximum atomic E-state index is 10.4. The van der Waals surface area contributed by atoms with Crippen molar-refractivity contribution in [1.82, 2.24) is 0 Å². The summed E-state index contributed by atoms with van der Waals surface area (Å²) >= 11 is 0. The minimum atomic E-state index is -0.379. The van der Waals surface area contributed by atoms with Gasteiger partial charge in [-0.05, 0) is 12.1 Å². The Morgan fingerprint density at radius 1 is 1.20 bits per heavy atom. The molecule has 0 bridgehead atoms. The normalized spacial score (nSPS) is 8.00. The molecular weight excluding hydrogens is 146 g/mol. The van der Waals surface area contributed by atoms with E-state index < -0.39 is 0 Å². The van der Waals surface area contributed by atoms with E-state index in [1.54, 1.807) is 24.3 Å². The number of hydrogen-bond donors (Lipinski definition) is 1. The average Bonchev–Trinajstić information content (AvgIpc) is 1.90. The van der Waals surface area contributed by atoms with Crippen LogP contribution in [0.15, 0.2) is 30.3 Å². The number of primary amides is 1. The summed E-state index contributed by atoms with van der Waals surface area (Å²) in [6.45, 7) is 0. The molecular formula is C7H9NOS. The number of amides is 1. The Labute approximate surface area is 66.5 Å². The third-order valence-electron chi connectivity index (χ3n) is 1.06. The molecule has 1 amide bonds. The van der Waals surface area contributed by atoms with Crippen molar-refractivity contribution in [3.8, 4) is 0 Å². The predicted octanol–water partition coefficient (Wildman–Crippen LogP) is 0.898. The van der Waals surface area contributed by atoms with Crippen molar-refractivity contribution in [2.75, 3.05) is 0 Å². The number of rotatable bonds is 1. The van der Waals surface area contributed by atoms with Crippen molar-refractivity contribution < 1.29 is 4.79 Å².